The second-order valence-corrected chi connectivity index (χ2v) is 6.18. The number of carbonyl (C=O) groups is 1. The lowest BCUT2D eigenvalue weighted by Gasteiger charge is -1.99. The minimum Gasteiger partial charge on any atom is -0.481 e. The van der Waals surface area contributed by atoms with E-state index in [4.69, 9.17) is 10.1 Å². The van der Waals surface area contributed by atoms with E-state index in [9.17, 15) is 4.79 Å². The Morgan fingerprint density at radius 3 is 2.50 bits per heavy atom. The molecule has 0 atom stereocenters. The molecule has 3 aromatic rings. The molecule has 0 radical (unpaired) electrons. The van der Waals surface area contributed by atoms with Crippen molar-refractivity contribution < 1.29 is 9.90 Å². The highest BCUT2D eigenvalue weighted by molar-refractivity contribution is 7.15. The largest absolute Gasteiger partial charge is 0.481 e. The fourth-order valence-electron chi connectivity index (χ4n) is 2.33. The Balaban J connectivity index is 2.10. The second kappa shape index (κ2) is 6.12. The van der Waals surface area contributed by atoms with E-state index in [0.717, 1.165) is 32.3 Å². The van der Waals surface area contributed by atoms with Crippen LogP contribution in [0.1, 0.15) is 10.4 Å². The number of aromatic nitrogens is 1. The van der Waals surface area contributed by atoms with E-state index in [2.05, 4.69) is 6.07 Å². The molecule has 22 heavy (non-hydrogen) atoms. The summed E-state index contributed by atoms with van der Waals surface area (Å²) in [7, 11) is 0. The van der Waals surface area contributed by atoms with Gasteiger partial charge in [-0.05, 0) is 13.0 Å². The molecule has 4 heteroatoms. The average Bonchev–Trinajstić information content (AvgIpc) is 2.91. The molecule has 0 aliphatic heterocycles. The standard InChI is InChI=1S/C18H15NO2S/c1-12-6-5-9-14(10-12)18-19-17(13-7-3-2-4-8-13)15(22-18)11-16(20)21/h2-10H,11H2,1H3,(H,20,21). The van der Waals surface area contributed by atoms with Gasteiger partial charge in [-0.3, -0.25) is 4.79 Å². The number of carboxylic acids is 1. The van der Waals surface area contributed by atoms with Crippen LogP contribution in [0.2, 0.25) is 0 Å². The minimum atomic E-state index is -0.836. The van der Waals surface area contributed by atoms with Crippen LogP contribution in [-0.2, 0) is 11.2 Å². The van der Waals surface area contributed by atoms with Gasteiger partial charge in [0.2, 0.25) is 0 Å². The number of hydrogen-bond acceptors (Lipinski definition) is 3. The number of nitrogens with zero attached hydrogens (tertiary/aromatic N) is 1. The quantitative estimate of drug-likeness (QED) is 0.776. The van der Waals surface area contributed by atoms with Gasteiger partial charge in [0.1, 0.15) is 5.01 Å². The molecule has 0 aliphatic carbocycles. The van der Waals surface area contributed by atoms with Crippen LogP contribution in [0.5, 0.6) is 0 Å². The highest BCUT2D eigenvalue weighted by atomic mass is 32.1. The van der Waals surface area contributed by atoms with Crippen molar-refractivity contribution in [2.45, 2.75) is 13.3 Å². The molecule has 3 nitrogen and oxygen atoms in total. The number of carboxylic acid groups (broad SMARTS) is 1. The third-order valence-electron chi connectivity index (χ3n) is 3.32. The first-order chi connectivity index (χ1) is 10.6. The van der Waals surface area contributed by atoms with Gasteiger partial charge in [-0.2, -0.15) is 0 Å². The molecule has 0 aliphatic rings. The Labute approximate surface area is 132 Å². The number of rotatable bonds is 4. The predicted octanol–water partition coefficient (Wildman–Crippen LogP) is 4.41. The molecule has 1 N–H and O–H groups in total. The average molecular weight is 309 g/mol. The van der Waals surface area contributed by atoms with Gasteiger partial charge in [0.15, 0.2) is 0 Å². The molecule has 0 unspecified atom stereocenters. The van der Waals surface area contributed by atoms with E-state index in [0.29, 0.717) is 0 Å². The van der Waals surface area contributed by atoms with Gasteiger partial charge in [-0.25, -0.2) is 4.98 Å². The molecule has 0 saturated carbocycles. The zero-order valence-corrected chi connectivity index (χ0v) is 12.9. The Morgan fingerprint density at radius 2 is 1.82 bits per heavy atom. The third kappa shape index (κ3) is 3.07. The van der Waals surface area contributed by atoms with Crippen molar-refractivity contribution in [3.8, 4) is 21.8 Å². The number of aryl methyl sites for hydroxylation is 1. The Bertz CT molecular complexity index is 809. The summed E-state index contributed by atoms with van der Waals surface area (Å²) in [4.78, 5) is 16.6. The van der Waals surface area contributed by atoms with Crippen molar-refractivity contribution >= 4 is 17.3 Å². The molecule has 0 bridgehead atoms. The summed E-state index contributed by atoms with van der Waals surface area (Å²) in [6, 6.07) is 17.8. The molecular formula is C18H15NO2S. The predicted molar refractivity (Wildman–Crippen MR) is 89.1 cm³/mol. The maximum Gasteiger partial charge on any atom is 0.308 e. The lowest BCUT2D eigenvalue weighted by Crippen LogP contribution is -1.99. The van der Waals surface area contributed by atoms with E-state index in [1.165, 1.54) is 11.3 Å². The Hall–Kier alpha value is -2.46. The summed E-state index contributed by atoms with van der Waals surface area (Å²) in [5.74, 6) is -0.836. The summed E-state index contributed by atoms with van der Waals surface area (Å²) < 4.78 is 0. The number of benzene rings is 2. The van der Waals surface area contributed by atoms with Gasteiger partial charge in [0.25, 0.3) is 0 Å². The Kier molecular flexibility index (Phi) is 4.02. The topological polar surface area (TPSA) is 50.2 Å². The maximum absolute atomic E-state index is 11.1. The molecule has 0 spiro atoms. The first kappa shape index (κ1) is 14.5. The van der Waals surface area contributed by atoms with Crippen LogP contribution in [0.25, 0.3) is 21.8 Å². The summed E-state index contributed by atoms with van der Waals surface area (Å²) >= 11 is 1.45. The maximum atomic E-state index is 11.1. The van der Waals surface area contributed by atoms with Gasteiger partial charge in [-0.1, -0.05) is 54.1 Å². The van der Waals surface area contributed by atoms with E-state index in [1.807, 2.05) is 55.5 Å². The van der Waals surface area contributed by atoms with Gasteiger partial charge >= 0.3 is 5.97 Å². The van der Waals surface area contributed by atoms with Crippen LogP contribution in [0.3, 0.4) is 0 Å². The summed E-state index contributed by atoms with van der Waals surface area (Å²) in [5.41, 5.74) is 3.91. The fraction of sp³-hybridized carbons (Fsp3) is 0.111. The van der Waals surface area contributed by atoms with Gasteiger partial charge in [0.05, 0.1) is 12.1 Å². The SMILES string of the molecule is Cc1cccc(-c2nc(-c3ccccc3)c(CC(=O)O)s2)c1. The molecule has 0 amide bonds. The molecule has 0 fully saturated rings. The lowest BCUT2D eigenvalue weighted by molar-refractivity contribution is -0.136. The van der Waals surface area contributed by atoms with Crippen molar-refractivity contribution in [2.24, 2.45) is 0 Å². The summed E-state index contributed by atoms with van der Waals surface area (Å²) in [6.07, 6.45) is -0.00624. The lowest BCUT2D eigenvalue weighted by atomic mass is 10.1. The molecule has 2 aromatic carbocycles. The highest BCUT2D eigenvalue weighted by Crippen LogP contribution is 2.34. The van der Waals surface area contributed by atoms with Gasteiger partial charge in [-0.15, -0.1) is 11.3 Å². The smallest absolute Gasteiger partial charge is 0.308 e. The van der Waals surface area contributed by atoms with E-state index < -0.39 is 5.97 Å². The zero-order chi connectivity index (χ0) is 15.5. The number of thiazole rings is 1. The van der Waals surface area contributed by atoms with Crippen molar-refractivity contribution in [2.75, 3.05) is 0 Å². The molecule has 110 valence electrons. The molecular weight excluding hydrogens is 294 g/mol. The monoisotopic (exact) mass is 309 g/mol. The van der Waals surface area contributed by atoms with Gasteiger partial charge in [0, 0.05) is 16.0 Å². The summed E-state index contributed by atoms with van der Waals surface area (Å²) in [6.45, 7) is 2.04. The Morgan fingerprint density at radius 1 is 1.09 bits per heavy atom. The van der Waals surface area contributed by atoms with E-state index in [-0.39, 0.29) is 6.42 Å². The fourth-order valence-corrected chi connectivity index (χ4v) is 3.40. The normalized spacial score (nSPS) is 10.6. The number of hydrogen-bond donors (Lipinski definition) is 1. The van der Waals surface area contributed by atoms with E-state index in [1.54, 1.807) is 0 Å². The molecule has 0 saturated heterocycles. The van der Waals surface area contributed by atoms with Crippen molar-refractivity contribution in [1.82, 2.24) is 4.98 Å². The summed E-state index contributed by atoms with van der Waals surface area (Å²) in [5, 5.41) is 10.0. The third-order valence-corrected chi connectivity index (χ3v) is 4.43. The first-order valence-electron chi connectivity index (χ1n) is 6.97. The van der Waals surface area contributed by atoms with Crippen LogP contribution in [0, 0.1) is 6.92 Å². The van der Waals surface area contributed by atoms with Crippen molar-refractivity contribution in [3.63, 3.8) is 0 Å². The van der Waals surface area contributed by atoms with Crippen LogP contribution in [0.15, 0.2) is 54.6 Å². The number of aliphatic carboxylic acids is 1. The van der Waals surface area contributed by atoms with Gasteiger partial charge < -0.3 is 5.11 Å². The first-order valence-corrected chi connectivity index (χ1v) is 7.79. The molecule has 3 rings (SSSR count). The zero-order valence-electron chi connectivity index (χ0n) is 12.1. The van der Waals surface area contributed by atoms with E-state index >= 15 is 0 Å². The highest BCUT2D eigenvalue weighted by Gasteiger charge is 2.16. The van der Waals surface area contributed by atoms with Crippen LogP contribution < -0.4 is 0 Å². The molecule has 1 aromatic heterocycles. The van der Waals surface area contributed by atoms with Crippen LogP contribution in [-0.4, -0.2) is 16.1 Å². The minimum absolute atomic E-state index is 0.00624. The molecule has 1 heterocycles. The van der Waals surface area contributed by atoms with Crippen LogP contribution >= 0.6 is 11.3 Å². The van der Waals surface area contributed by atoms with Crippen molar-refractivity contribution in [3.05, 3.63) is 65.0 Å². The van der Waals surface area contributed by atoms with Crippen molar-refractivity contribution in [1.29, 1.82) is 0 Å². The van der Waals surface area contributed by atoms with Crippen LogP contribution in [0.4, 0.5) is 0 Å². The second-order valence-electron chi connectivity index (χ2n) is 5.10.